The van der Waals surface area contributed by atoms with E-state index in [2.05, 4.69) is 0 Å². The van der Waals surface area contributed by atoms with Crippen molar-refractivity contribution >= 4 is 16.7 Å². The fourth-order valence-corrected chi connectivity index (χ4v) is 2.62. The number of alkyl halides is 3. The lowest BCUT2D eigenvalue weighted by Gasteiger charge is -2.10. The van der Waals surface area contributed by atoms with Crippen LogP contribution in [0.2, 0.25) is 0 Å². The number of aromatic nitrogens is 1. The minimum absolute atomic E-state index is 0.230. The number of hydrogen-bond donors (Lipinski definition) is 0. The van der Waals surface area contributed by atoms with Crippen molar-refractivity contribution in [3.63, 3.8) is 0 Å². The molecule has 0 aliphatic heterocycles. The Bertz CT molecular complexity index is 680. The van der Waals surface area contributed by atoms with Crippen molar-refractivity contribution in [3.05, 3.63) is 34.5 Å². The van der Waals surface area contributed by atoms with Gasteiger partial charge in [0.25, 0.3) is 0 Å². The van der Waals surface area contributed by atoms with Crippen LogP contribution in [0.1, 0.15) is 34.1 Å². The van der Waals surface area contributed by atoms with Crippen molar-refractivity contribution in [1.29, 1.82) is 0 Å². The lowest BCUT2D eigenvalue weighted by Crippen LogP contribution is -2.15. The summed E-state index contributed by atoms with van der Waals surface area (Å²) in [6.45, 7) is 4.63. The molecule has 0 unspecified atom stereocenters. The molecular weight excluding hydrogens is 255 g/mol. The summed E-state index contributed by atoms with van der Waals surface area (Å²) >= 11 is 0. The van der Waals surface area contributed by atoms with Gasteiger partial charge in [0.1, 0.15) is 5.69 Å². The van der Waals surface area contributed by atoms with Crippen molar-refractivity contribution in [3.8, 4) is 0 Å². The second-order valence-electron chi connectivity index (χ2n) is 4.76. The topological polar surface area (TPSA) is 22.0 Å². The van der Waals surface area contributed by atoms with Crippen LogP contribution in [0.5, 0.6) is 0 Å². The molecule has 0 fully saturated rings. The molecule has 1 aromatic carbocycles. The van der Waals surface area contributed by atoms with Gasteiger partial charge in [-0.1, -0.05) is 12.1 Å². The lowest BCUT2D eigenvalue weighted by atomic mass is 10.0. The van der Waals surface area contributed by atoms with E-state index in [1.807, 2.05) is 0 Å². The van der Waals surface area contributed by atoms with Crippen molar-refractivity contribution in [2.75, 3.05) is 0 Å². The normalized spacial score (nSPS) is 12.2. The van der Waals surface area contributed by atoms with Gasteiger partial charge in [0.2, 0.25) is 0 Å². The van der Waals surface area contributed by atoms with Gasteiger partial charge >= 0.3 is 6.18 Å². The Balaban J connectivity index is 3.10. The zero-order valence-corrected chi connectivity index (χ0v) is 11.1. The molecule has 0 amide bonds. The number of ketones is 1. The number of benzene rings is 1. The van der Waals surface area contributed by atoms with Crippen LogP contribution in [0, 0.1) is 13.8 Å². The molecule has 0 saturated carbocycles. The zero-order valence-electron chi connectivity index (χ0n) is 11.1. The van der Waals surface area contributed by atoms with Crippen LogP contribution >= 0.6 is 0 Å². The summed E-state index contributed by atoms with van der Waals surface area (Å²) in [5, 5.41) is 0.405. The van der Waals surface area contributed by atoms with Crippen LogP contribution in [0.3, 0.4) is 0 Å². The van der Waals surface area contributed by atoms with Crippen LogP contribution in [-0.2, 0) is 13.2 Å². The van der Waals surface area contributed by atoms with Crippen LogP contribution in [0.25, 0.3) is 10.9 Å². The minimum atomic E-state index is -4.55. The predicted molar refractivity (Wildman–Crippen MR) is 67.4 cm³/mol. The maximum absolute atomic E-state index is 13.2. The van der Waals surface area contributed by atoms with Crippen LogP contribution < -0.4 is 0 Å². The third kappa shape index (κ3) is 1.93. The molecule has 2 aromatic rings. The molecule has 0 spiro atoms. The Hall–Kier alpha value is -1.78. The van der Waals surface area contributed by atoms with E-state index in [9.17, 15) is 18.0 Å². The number of Topliss-reactive ketones (excluding diaryl/α,β-unsaturated/α-hetero) is 1. The molecule has 0 radical (unpaired) electrons. The fraction of sp³-hybridized carbons (Fsp3) is 0.357. The average Bonchev–Trinajstić information content (AvgIpc) is 2.58. The van der Waals surface area contributed by atoms with E-state index in [4.69, 9.17) is 0 Å². The third-order valence-electron chi connectivity index (χ3n) is 3.37. The van der Waals surface area contributed by atoms with E-state index >= 15 is 0 Å². The van der Waals surface area contributed by atoms with Gasteiger partial charge in [-0.3, -0.25) is 4.79 Å². The SMILES string of the molecule is CC(=O)c1c(C(F)(F)F)n(C)c2c(C)ccc(C)c12. The molecule has 2 rings (SSSR count). The van der Waals surface area contributed by atoms with Crippen molar-refractivity contribution in [2.24, 2.45) is 7.05 Å². The summed E-state index contributed by atoms with van der Waals surface area (Å²) in [6.07, 6.45) is -4.55. The van der Waals surface area contributed by atoms with Gasteiger partial charge in [0, 0.05) is 12.4 Å². The molecule has 0 aliphatic rings. The molecule has 1 heterocycles. The maximum Gasteiger partial charge on any atom is 0.432 e. The highest BCUT2D eigenvalue weighted by atomic mass is 19.4. The summed E-state index contributed by atoms with van der Waals surface area (Å²) in [4.78, 5) is 11.7. The highest BCUT2D eigenvalue weighted by Crippen LogP contribution is 2.39. The lowest BCUT2D eigenvalue weighted by molar-refractivity contribution is -0.143. The Morgan fingerprint density at radius 3 is 2.16 bits per heavy atom. The van der Waals surface area contributed by atoms with Gasteiger partial charge < -0.3 is 4.57 Å². The molecule has 1 aromatic heterocycles. The summed E-state index contributed by atoms with van der Waals surface area (Å²) in [5.41, 5.74) is 0.772. The van der Waals surface area contributed by atoms with Crippen molar-refractivity contribution in [2.45, 2.75) is 26.9 Å². The zero-order chi connectivity index (χ0) is 14.5. The molecule has 0 aliphatic carbocycles. The molecule has 5 heteroatoms. The van der Waals surface area contributed by atoms with E-state index in [0.29, 0.717) is 16.5 Å². The maximum atomic E-state index is 13.2. The molecular formula is C14H14F3NO. The minimum Gasteiger partial charge on any atom is -0.339 e. The van der Waals surface area contributed by atoms with E-state index < -0.39 is 17.7 Å². The third-order valence-corrected chi connectivity index (χ3v) is 3.37. The molecule has 2 nitrogen and oxygen atoms in total. The molecule has 0 atom stereocenters. The van der Waals surface area contributed by atoms with Crippen molar-refractivity contribution in [1.82, 2.24) is 4.57 Å². The van der Waals surface area contributed by atoms with Gasteiger partial charge in [-0.25, -0.2) is 0 Å². The molecule has 0 N–H and O–H groups in total. The highest BCUT2D eigenvalue weighted by Gasteiger charge is 2.40. The van der Waals surface area contributed by atoms with Crippen LogP contribution in [0.15, 0.2) is 12.1 Å². The second kappa shape index (κ2) is 4.11. The summed E-state index contributed by atoms with van der Waals surface area (Å²) < 4.78 is 40.7. The first-order valence-electron chi connectivity index (χ1n) is 5.83. The number of nitrogens with zero attached hydrogens (tertiary/aromatic N) is 1. The number of carbonyl (C=O) groups is 1. The Labute approximate surface area is 108 Å². The first-order chi connectivity index (χ1) is 8.66. The second-order valence-corrected chi connectivity index (χ2v) is 4.76. The average molecular weight is 269 g/mol. The molecule has 0 saturated heterocycles. The Morgan fingerprint density at radius 2 is 1.68 bits per heavy atom. The van der Waals surface area contributed by atoms with E-state index in [-0.39, 0.29) is 5.56 Å². The van der Waals surface area contributed by atoms with Gasteiger partial charge in [-0.2, -0.15) is 13.2 Å². The highest BCUT2D eigenvalue weighted by molar-refractivity contribution is 6.10. The molecule has 102 valence electrons. The van der Waals surface area contributed by atoms with E-state index in [1.54, 1.807) is 26.0 Å². The largest absolute Gasteiger partial charge is 0.432 e. The monoisotopic (exact) mass is 269 g/mol. The quantitative estimate of drug-likeness (QED) is 0.717. The first kappa shape index (κ1) is 13.6. The van der Waals surface area contributed by atoms with Gasteiger partial charge in [0.05, 0.1) is 11.1 Å². The van der Waals surface area contributed by atoms with Crippen LogP contribution in [-0.4, -0.2) is 10.4 Å². The van der Waals surface area contributed by atoms with Gasteiger partial charge in [0.15, 0.2) is 5.78 Å². The Kier molecular flexibility index (Phi) is 2.96. The summed E-state index contributed by atoms with van der Waals surface area (Å²) in [6, 6.07) is 3.51. The Morgan fingerprint density at radius 1 is 1.16 bits per heavy atom. The number of fused-ring (bicyclic) bond motifs is 1. The van der Waals surface area contributed by atoms with Gasteiger partial charge in [-0.15, -0.1) is 0 Å². The summed E-state index contributed by atoms with van der Waals surface area (Å²) in [5.74, 6) is -0.563. The smallest absolute Gasteiger partial charge is 0.339 e. The van der Waals surface area contributed by atoms with Gasteiger partial charge in [-0.05, 0) is 31.9 Å². The number of carbonyl (C=O) groups excluding carboxylic acids is 1. The number of rotatable bonds is 1. The number of halogens is 3. The van der Waals surface area contributed by atoms with E-state index in [0.717, 1.165) is 10.1 Å². The van der Waals surface area contributed by atoms with Crippen molar-refractivity contribution < 1.29 is 18.0 Å². The summed E-state index contributed by atoms with van der Waals surface area (Å²) in [7, 11) is 1.35. The predicted octanol–water partition coefficient (Wildman–Crippen LogP) is 4.02. The first-order valence-corrected chi connectivity index (χ1v) is 5.83. The van der Waals surface area contributed by atoms with Crippen LogP contribution in [0.4, 0.5) is 13.2 Å². The standard InChI is InChI=1S/C14H14F3NO/c1-7-5-6-8(2)12-10(7)11(9(3)19)13(18(12)4)14(15,16)17/h5-6H,1-4H3. The van der Waals surface area contributed by atoms with E-state index in [1.165, 1.54) is 14.0 Å². The fourth-order valence-electron chi connectivity index (χ4n) is 2.62. The number of aryl methyl sites for hydroxylation is 3. The molecule has 0 bridgehead atoms. The molecule has 19 heavy (non-hydrogen) atoms. The number of hydrogen-bond acceptors (Lipinski definition) is 1.